The molecule has 3 N–H and O–H groups in total. The van der Waals surface area contributed by atoms with Crippen LogP contribution in [-0.2, 0) is 19.4 Å². The normalized spacial score (nSPS) is 18.8. The highest BCUT2D eigenvalue weighted by atomic mass is 32.2. The van der Waals surface area contributed by atoms with Crippen molar-refractivity contribution in [3.05, 3.63) is 66.5 Å². The molecule has 0 spiro atoms. The number of hydroxylamine groups is 1. The van der Waals surface area contributed by atoms with Gasteiger partial charge < -0.3 is 5.11 Å². The van der Waals surface area contributed by atoms with E-state index in [9.17, 15) is 32.7 Å². The number of halogens is 1. The molecule has 0 aromatic heterocycles. The van der Waals surface area contributed by atoms with Gasteiger partial charge in [-0.2, -0.15) is 0 Å². The van der Waals surface area contributed by atoms with Gasteiger partial charge in [0.1, 0.15) is 16.6 Å². The Labute approximate surface area is 190 Å². The van der Waals surface area contributed by atoms with E-state index in [1.54, 1.807) is 12.1 Å². The van der Waals surface area contributed by atoms with E-state index in [2.05, 4.69) is 4.99 Å². The molecule has 1 aliphatic heterocycles. The number of amides is 1. The molecule has 2 aromatic carbocycles. The number of aliphatic imine (C=N–C) groups is 1. The molecule has 0 aliphatic carbocycles. The molecule has 33 heavy (non-hydrogen) atoms. The van der Waals surface area contributed by atoms with Crippen LogP contribution >= 0.6 is 0 Å². The summed E-state index contributed by atoms with van der Waals surface area (Å²) in [6, 6.07) is 11.4. The molecule has 0 saturated carbocycles. The van der Waals surface area contributed by atoms with Crippen LogP contribution in [0.5, 0.6) is 0 Å². The Balaban J connectivity index is 2.11. The first kappa shape index (κ1) is 24.3. The number of rotatable bonds is 8. The fourth-order valence-corrected chi connectivity index (χ4v) is 6.10. The molecule has 174 valence electrons. The summed E-state index contributed by atoms with van der Waals surface area (Å²) in [5.74, 6) is -2.70. The van der Waals surface area contributed by atoms with Crippen molar-refractivity contribution in [2.24, 2.45) is 10.4 Å². The number of carboxylic acids is 1. The van der Waals surface area contributed by atoms with Crippen LogP contribution in [0.15, 0.2) is 70.6 Å². The molecule has 1 amide bonds. The largest absolute Gasteiger partial charge is 0.481 e. The van der Waals surface area contributed by atoms with Gasteiger partial charge in [0, 0.05) is 6.21 Å². The van der Waals surface area contributed by atoms with Crippen LogP contribution in [-0.4, -0.2) is 47.6 Å². The van der Waals surface area contributed by atoms with Crippen LogP contribution in [0.4, 0.5) is 4.39 Å². The Morgan fingerprint density at radius 3 is 2.09 bits per heavy atom. The molecule has 0 fully saturated rings. The van der Waals surface area contributed by atoms with Crippen LogP contribution in [0.2, 0.25) is 0 Å². The molecule has 2 aromatic rings. The number of hydrogen-bond acceptors (Lipinski definition) is 6. The first-order valence-electron chi connectivity index (χ1n) is 9.95. The molecule has 8 nitrogen and oxygen atoms in total. The highest BCUT2D eigenvalue weighted by molar-refractivity contribution is 7.92. The van der Waals surface area contributed by atoms with Crippen molar-refractivity contribution >= 4 is 27.9 Å². The fourth-order valence-electron chi connectivity index (χ4n) is 3.99. The van der Waals surface area contributed by atoms with E-state index in [-0.39, 0.29) is 4.90 Å². The van der Waals surface area contributed by atoms with Gasteiger partial charge in [0.05, 0.1) is 16.7 Å². The second-order valence-electron chi connectivity index (χ2n) is 8.19. The summed E-state index contributed by atoms with van der Waals surface area (Å²) >= 11 is 0. The second-order valence-corrected chi connectivity index (χ2v) is 10.3. The van der Waals surface area contributed by atoms with Crippen LogP contribution in [0.3, 0.4) is 0 Å². The Bertz CT molecular complexity index is 1210. The Hall–Kier alpha value is -3.37. The van der Waals surface area contributed by atoms with Gasteiger partial charge in [-0.25, -0.2) is 18.3 Å². The van der Waals surface area contributed by atoms with Crippen molar-refractivity contribution in [1.82, 2.24) is 5.48 Å². The third-order valence-corrected chi connectivity index (χ3v) is 8.19. The van der Waals surface area contributed by atoms with E-state index in [4.69, 9.17) is 0 Å². The standard InChI is InChI=1S/C23H23FN2O6S/c1-22(2,21(29)26-30)23(12-3-13-25-23)19(14-20(27)28)33(31,32)18-10-6-16(7-11-18)15-4-8-17(24)9-5-15/h3-13,19,30H,14H2,1-2H3,(H,26,29)(H,27,28). The summed E-state index contributed by atoms with van der Waals surface area (Å²) in [5, 5.41) is 17.1. The minimum absolute atomic E-state index is 0.158. The van der Waals surface area contributed by atoms with Crippen LogP contribution in [0, 0.1) is 11.2 Å². The number of carboxylic acid groups (broad SMARTS) is 1. The SMILES string of the molecule is CC(C)(C(=O)NO)C1(C(CC(=O)O)S(=O)(=O)c2ccc(-c3ccc(F)cc3)cc2)C=CC=N1. The first-order chi connectivity index (χ1) is 15.5. The number of hydrogen-bond donors (Lipinski definition) is 3. The number of allylic oxidation sites excluding steroid dienone is 1. The fraction of sp³-hybridized carbons (Fsp3) is 0.261. The number of carbonyl (C=O) groups excluding carboxylic acids is 1. The minimum Gasteiger partial charge on any atom is -0.481 e. The van der Waals surface area contributed by atoms with Crippen molar-refractivity contribution in [3.63, 3.8) is 0 Å². The van der Waals surface area contributed by atoms with Gasteiger partial charge in [-0.1, -0.05) is 30.3 Å². The third kappa shape index (κ3) is 4.31. The molecule has 1 aliphatic rings. The number of carbonyl (C=O) groups is 2. The predicted octanol–water partition coefficient (Wildman–Crippen LogP) is 3.02. The van der Waals surface area contributed by atoms with E-state index >= 15 is 0 Å². The number of nitrogens with one attached hydrogen (secondary N) is 1. The minimum atomic E-state index is -4.34. The van der Waals surface area contributed by atoms with Crippen molar-refractivity contribution in [2.75, 3.05) is 0 Å². The lowest BCUT2D eigenvalue weighted by Crippen LogP contribution is -2.59. The molecular weight excluding hydrogens is 451 g/mol. The van der Waals surface area contributed by atoms with E-state index in [1.807, 2.05) is 0 Å². The Morgan fingerprint density at radius 1 is 1.09 bits per heavy atom. The van der Waals surface area contributed by atoms with E-state index < -0.39 is 50.2 Å². The maximum absolute atomic E-state index is 13.7. The summed E-state index contributed by atoms with van der Waals surface area (Å²) in [4.78, 5) is 28.2. The van der Waals surface area contributed by atoms with E-state index in [0.29, 0.717) is 11.1 Å². The molecule has 2 atom stereocenters. The molecule has 3 rings (SSSR count). The van der Waals surface area contributed by atoms with Gasteiger partial charge >= 0.3 is 5.97 Å². The Kier molecular flexibility index (Phi) is 6.53. The topological polar surface area (TPSA) is 133 Å². The smallest absolute Gasteiger partial charge is 0.304 e. The third-order valence-electron chi connectivity index (χ3n) is 5.98. The summed E-state index contributed by atoms with van der Waals surface area (Å²) in [6.45, 7) is 2.76. The molecule has 2 unspecified atom stereocenters. The van der Waals surface area contributed by atoms with Crippen LogP contribution < -0.4 is 5.48 Å². The summed E-state index contributed by atoms with van der Waals surface area (Å²) in [7, 11) is -4.34. The number of aliphatic carboxylic acids is 1. The van der Waals surface area contributed by atoms with Crippen LogP contribution in [0.1, 0.15) is 20.3 Å². The predicted molar refractivity (Wildman–Crippen MR) is 119 cm³/mol. The monoisotopic (exact) mass is 474 g/mol. The lowest BCUT2D eigenvalue weighted by atomic mass is 9.69. The number of sulfone groups is 1. The zero-order valence-electron chi connectivity index (χ0n) is 17.9. The maximum Gasteiger partial charge on any atom is 0.304 e. The van der Waals surface area contributed by atoms with Gasteiger partial charge in [0.2, 0.25) is 0 Å². The van der Waals surface area contributed by atoms with Gasteiger partial charge in [-0.3, -0.25) is 19.8 Å². The van der Waals surface area contributed by atoms with Gasteiger partial charge in [0.15, 0.2) is 9.84 Å². The molecular formula is C23H23FN2O6S. The van der Waals surface area contributed by atoms with Crippen LogP contribution in [0.25, 0.3) is 11.1 Å². The van der Waals surface area contributed by atoms with Crippen molar-refractivity contribution in [2.45, 2.75) is 36.0 Å². The zero-order chi connectivity index (χ0) is 24.4. The average Bonchev–Trinajstić information content (AvgIpc) is 3.28. The van der Waals surface area contributed by atoms with E-state index in [0.717, 1.165) is 0 Å². The summed E-state index contributed by atoms with van der Waals surface area (Å²) in [6.07, 6.45) is 3.29. The second kappa shape index (κ2) is 8.87. The lowest BCUT2D eigenvalue weighted by molar-refractivity contribution is -0.142. The number of benzene rings is 2. The van der Waals surface area contributed by atoms with Gasteiger partial charge in [-0.15, -0.1) is 0 Å². The van der Waals surface area contributed by atoms with Crippen molar-refractivity contribution in [3.8, 4) is 11.1 Å². The molecule has 0 saturated heterocycles. The first-order valence-corrected chi connectivity index (χ1v) is 11.5. The van der Waals surface area contributed by atoms with Crippen molar-refractivity contribution in [1.29, 1.82) is 0 Å². The molecule has 0 radical (unpaired) electrons. The highest BCUT2D eigenvalue weighted by Crippen LogP contribution is 2.46. The highest BCUT2D eigenvalue weighted by Gasteiger charge is 2.58. The molecule has 0 bridgehead atoms. The van der Waals surface area contributed by atoms with Crippen molar-refractivity contribution < 1.29 is 32.7 Å². The zero-order valence-corrected chi connectivity index (χ0v) is 18.7. The summed E-state index contributed by atoms with van der Waals surface area (Å²) < 4.78 is 40.6. The van der Waals surface area contributed by atoms with Gasteiger partial charge in [0.25, 0.3) is 5.91 Å². The maximum atomic E-state index is 13.7. The Morgan fingerprint density at radius 2 is 1.64 bits per heavy atom. The average molecular weight is 475 g/mol. The van der Waals surface area contributed by atoms with Gasteiger partial charge in [-0.05, 0) is 55.3 Å². The molecule has 10 heteroatoms. The molecule has 1 heterocycles. The summed E-state index contributed by atoms with van der Waals surface area (Å²) in [5.41, 5.74) is -0.578. The quantitative estimate of drug-likeness (QED) is 0.398. The van der Waals surface area contributed by atoms with E-state index in [1.165, 1.54) is 74.1 Å². The lowest BCUT2D eigenvalue weighted by Gasteiger charge is -2.43. The number of nitrogens with zero attached hydrogens (tertiary/aromatic N) is 1.